The van der Waals surface area contributed by atoms with Gasteiger partial charge in [-0.1, -0.05) is 47.5 Å². The molecule has 1 N–H and O–H groups in total. The van der Waals surface area contributed by atoms with Crippen LogP contribution in [0.3, 0.4) is 0 Å². The third kappa shape index (κ3) is 4.97. The molecule has 1 aliphatic heterocycles. The highest BCUT2D eigenvalue weighted by Gasteiger charge is 2.31. The number of rotatable bonds is 6. The van der Waals surface area contributed by atoms with Crippen LogP contribution in [0, 0.1) is 13.8 Å². The van der Waals surface area contributed by atoms with E-state index in [2.05, 4.69) is 36.2 Å². The SMILES string of the molecule is Cc1ccc(Nc2nc([C@@H](C)N3CCN(S(=O)(=O)c4ccc(C)cc4)CC3)nc3ccccc23)cc1. The highest BCUT2D eigenvalue weighted by molar-refractivity contribution is 7.89. The number of aryl methyl sites for hydroxylation is 2. The Morgan fingerprint density at radius 3 is 2.08 bits per heavy atom. The summed E-state index contributed by atoms with van der Waals surface area (Å²) in [5, 5.41) is 4.43. The van der Waals surface area contributed by atoms with Gasteiger partial charge < -0.3 is 5.32 Å². The first kappa shape index (κ1) is 24.4. The van der Waals surface area contributed by atoms with E-state index in [1.807, 2.05) is 55.5 Å². The Morgan fingerprint density at radius 2 is 1.42 bits per heavy atom. The number of hydrogen-bond donors (Lipinski definition) is 1. The minimum absolute atomic E-state index is 0.0580. The third-order valence-corrected chi connectivity index (χ3v) is 8.70. The molecule has 3 aromatic carbocycles. The van der Waals surface area contributed by atoms with E-state index < -0.39 is 10.0 Å². The van der Waals surface area contributed by atoms with Gasteiger partial charge in [0, 0.05) is 37.3 Å². The van der Waals surface area contributed by atoms with E-state index in [1.54, 1.807) is 16.4 Å². The van der Waals surface area contributed by atoms with Gasteiger partial charge in [0.2, 0.25) is 10.0 Å². The van der Waals surface area contributed by atoms with E-state index in [0.717, 1.165) is 33.8 Å². The Balaban J connectivity index is 1.35. The van der Waals surface area contributed by atoms with Crippen molar-refractivity contribution in [2.75, 3.05) is 31.5 Å². The van der Waals surface area contributed by atoms with Crippen LogP contribution in [0.15, 0.2) is 77.7 Å². The normalized spacial score (nSPS) is 16.2. The summed E-state index contributed by atoms with van der Waals surface area (Å²) < 4.78 is 27.8. The van der Waals surface area contributed by atoms with Gasteiger partial charge in [-0.05, 0) is 57.2 Å². The average Bonchev–Trinajstić information content (AvgIpc) is 2.90. The summed E-state index contributed by atoms with van der Waals surface area (Å²) in [5.74, 6) is 1.49. The summed E-state index contributed by atoms with van der Waals surface area (Å²) in [7, 11) is -3.50. The number of fused-ring (bicyclic) bond motifs is 1. The lowest BCUT2D eigenvalue weighted by Gasteiger charge is -2.36. The number of anilines is 2. The van der Waals surface area contributed by atoms with Crippen molar-refractivity contribution in [1.29, 1.82) is 0 Å². The summed E-state index contributed by atoms with van der Waals surface area (Å²) in [4.78, 5) is 12.4. The van der Waals surface area contributed by atoms with E-state index in [9.17, 15) is 8.42 Å². The second-order valence-corrected chi connectivity index (χ2v) is 11.3. The molecule has 0 unspecified atom stereocenters. The zero-order valence-electron chi connectivity index (χ0n) is 20.8. The van der Waals surface area contributed by atoms with Crippen molar-refractivity contribution in [1.82, 2.24) is 19.2 Å². The zero-order valence-corrected chi connectivity index (χ0v) is 21.7. The van der Waals surface area contributed by atoms with Crippen LogP contribution >= 0.6 is 0 Å². The lowest BCUT2D eigenvalue weighted by Crippen LogP contribution is -2.49. The van der Waals surface area contributed by atoms with Crippen molar-refractivity contribution in [3.05, 3.63) is 89.7 Å². The number of sulfonamides is 1. The maximum Gasteiger partial charge on any atom is 0.243 e. The summed E-state index contributed by atoms with van der Waals surface area (Å²) in [5.41, 5.74) is 4.09. The lowest BCUT2D eigenvalue weighted by molar-refractivity contribution is 0.141. The first-order chi connectivity index (χ1) is 17.3. The average molecular weight is 502 g/mol. The molecule has 186 valence electrons. The smallest absolute Gasteiger partial charge is 0.243 e. The van der Waals surface area contributed by atoms with Crippen LogP contribution in [0.1, 0.15) is 29.9 Å². The highest BCUT2D eigenvalue weighted by atomic mass is 32.2. The predicted molar refractivity (Wildman–Crippen MR) is 144 cm³/mol. The highest BCUT2D eigenvalue weighted by Crippen LogP contribution is 2.28. The lowest BCUT2D eigenvalue weighted by atomic mass is 10.2. The molecule has 1 aromatic heterocycles. The molecule has 5 rings (SSSR count). The molecule has 0 saturated carbocycles. The molecule has 1 fully saturated rings. The number of benzene rings is 3. The number of hydrogen-bond acceptors (Lipinski definition) is 6. The Hall–Kier alpha value is -3.33. The quantitative estimate of drug-likeness (QED) is 0.398. The summed E-state index contributed by atoms with van der Waals surface area (Å²) >= 11 is 0. The van der Waals surface area contributed by atoms with Crippen LogP contribution < -0.4 is 5.32 Å². The monoisotopic (exact) mass is 501 g/mol. The van der Waals surface area contributed by atoms with E-state index in [4.69, 9.17) is 9.97 Å². The van der Waals surface area contributed by atoms with Crippen molar-refractivity contribution in [2.24, 2.45) is 0 Å². The summed E-state index contributed by atoms with van der Waals surface area (Å²) in [6.07, 6.45) is 0. The fourth-order valence-corrected chi connectivity index (χ4v) is 5.93. The third-order valence-electron chi connectivity index (χ3n) is 6.79. The first-order valence-corrected chi connectivity index (χ1v) is 13.7. The van der Waals surface area contributed by atoms with Gasteiger partial charge in [-0.2, -0.15) is 4.31 Å². The molecule has 4 aromatic rings. The van der Waals surface area contributed by atoms with Crippen molar-refractivity contribution in [2.45, 2.75) is 31.7 Å². The number of para-hydroxylation sites is 1. The molecule has 0 radical (unpaired) electrons. The Bertz CT molecular complexity index is 1460. The van der Waals surface area contributed by atoms with Crippen molar-refractivity contribution < 1.29 is 8.42 Å². The molecular weight excluding hydrogens is 470 g/mol. The molecular formula is C28H31N5O2S. The molecule has 2 heterocycles. The van der Waals surface area contributed by atoms with E-state index in [1.165, 1.54) is 5.56 Å². The Labute approximate surface area is 212 Å². The fraction of sp³-hybridized carbons (Fsp3) is 0.286. The zero-order chi connectivity index (χ0) is 25.3. The molecule has 7 nitrogen and oxygen atoms in total. The maximum absolute atomic E-state index is 13.1. The molecule has 1 atom stereocenters. The molecule has 1 aliphatic rings. The molecule has 0 bridgehead atoms. The predicted octanol–water partition coefficient (Wildman–Crippen LogP) is 5.06. The van der Waals surface area contributed by atoms with Gasteiger partial charge in [-0.3, -0.25) is 4.90 Å². The first-order valence-electron chi connectivity index (χ1n) is 12.2. The van der Waals surface area contributed by atoms with E-state index >= 15 is 0 Å². The van der Waals surface area contributed by atoms with Crippen molar-refractivity contribution in [3.63, 3.8) is 0 Å². The van der Waals surface area contributed by atoms with Crippen LogP contribution in [0.4, 0.5) is 11.5 Å². The minimum Gasteiger partial charge on any atom is -0.340 e. The molecule has 1 saturated heterocycles. The van der Waals surface area contributed by atoms with Gasteiger partial charge in [0.05, 0.1) is 16.5 Å². The van der Waals surface area contributed by atoms with E-state index in [-0.39, 0.29) is 6.04 Å². The number of aromatic nitrogens is 2. The van der Waals surface area contributed by atoms with Crippen LogP contribution in [-0.2, 0) is 10.0 Å². The number of piperazine rings is 1. The fourth-order valence-electron chi connectivity index (χ4n) is 4.50. The second-order valence-electron chi connectivity index (χ2n) is 9.37. The van der Waals surface area contributed by atoms with Crippen LogP contribution in [0.25, 0.3) is 10.9 Å². The van der Waals surface area contributed by atoms with Crippen LogP contribution in [0.5, 0.6) is 0 Å². The standard InChI is InChI=1S/C28H31N5O2S/c1-20-8-12-23(13-9-20)29-28-25-6-4-5-7-26(25)30-27(31-28)22(3)32-16-18-33(19-17-32)36(34,35)24-14-10-21(2)11-15-24/h4-15,22H,16-19H2,1-3H3,(H,29,30,31)/t22-/m1/s1. The Morgan fingerprint density at radius 1 is 0.806 bits per heavy atom. The van der Waals surface area contributed by atoms with Gasteiger partial charge in [-0.25, -0.2) is 18.4 Å². The second kappa shape index (κ2) is 9.97. The van der Waals surface area contributed by atoms with Gasteiger partial charge in [-0.15, -0.1) is 0 Å². The van der Waals surface area contributed by atoms with Gasteiger partial charge in [0.1, 0.15) is 11.6 Å². The molecule has 36 heavy (non-hydrogen) atoms. The van der Waals surface area contributed by atoms with Gasteiger partial charge >= 0.3 is 0 Å². The van der Waals surface area contributed by atoms with Crippen LogP contribution in [0.2, 0.25) is 0 Å². The molecule has 0 aliphatic carbocycles. The maximum atomic E-state index is 13.1. The number of nitrogens with one attached hydrogen (secondary N) is 1. The van der Waals surface area contributed by atoms with Crippen LogP contribution in [-0.4, -0.2) is 53.8 Å². The van der Waals surface area contributed by atoms with Gasteiger partial charge in [0.25, 0.3) is 0 Å². The molecule has 0 amide bonds. The van der Waals surface area contributed by atoms with Gasteiger partial charge in [0.15, 0.2) is 0 Å². The Kier molecular flexibility index (Phi) is 6.75. The molecule has 8 heteroatoms. The molecule has 0 spiro atoms. The topological polar surface area (TPSA) is 78.4 Å². The van der Waals surface area contributed by atoms with Crippen molar-refractivity contribution in [3.8, 4) is 0 Å². The van der Waals surface area contributed by atoms with Crippen molar-refractivity contribution >= 4 is 32.4 Å². The van der Waals surface area contributed by atoms with E-state index in [0.29, 0.717) is 31.1 Å². The number of nitrogens with zero attached hydrogens (tertiary/aromatic N) is 4. The minimum atomic E-state index is -3.50. The summed E-state index contributed by atoms with van der Waals surface area (Å²) in [6, 6.07) is 23.2. The summed E-state index contributed by atoms with van der Waals surface area (Å²) in [6.45, 7) is 8.20. The largest absolute Gasteiger partial charge is 0.340 e.